The SMILES string of the molecule is COCCN1CC[C@@H]2CCCC[C@@H]21. The Bertz CT molecular complexity index is 160. The third kappa shape index (κ3) is 2.05. The molecule has 2 fully saturated rings. The quantitative estimate of drug-likeness (QED) is 0.662. The largest absolute Gasteiger partial charge is 0.383 e. The summed E-state index contributed by atoms with van der Waals surface area (Å²) >= 11 is 0. The zero-order valence-corrected chi connectivity index (χ0v) is 8.67. The Hall–Kier alpha value is -0.0800. The normalized spacial score (nSPS) is 34.8. The monoisotopic (exact) mass is 183 g/mol. The maximum Gasteiger partial charge on any atom is 0.0589 e. The molecule has 1 saturated carbocycles. The number of likely N-dealkylation sites (tertiary alicyclic amines) is 1. The molecule has 2 rings (SSSR count). The van der Waals surface area contributed by atoms with Crippen LogP contribution < -0.4 is 0 Å². The highest BCUT2D eigenvalue weighted by Gasteiger charge is 2.34. The number of fused-ring (bicyclic) bond motifs is 1. The highest BCUT2D eigenvalue weighted by molar-refractivity contribution is 4.89. The van der Waals surface area contributed by atoms with Gasteiger partial charge in [0, 0.05) is 19.7 Å². The van der Waals surface area contributed by atoms with Crippen LogP contribution in [0.5, 0.6) is 0 Å². The lowest BCUT2D eigenvalue weighted by Gasteiger charge is -2.31. The van der Waals surface area contributed by atoms with Gasteiger partial charge >= 0.3 is 0 Å². The topological polar surface area (TPSA) is 12.5 Å². The van der Waals surface area contributed by atoms with Gasteiger partial charge < -0.3 is 4.74 Å². The number of ether oxygens (including phenoxy) is 1. The minimum absolute atomic E-state index is 0.906. The van der Waals surface area contributed by atoms with Gasteiger partial charge in [-0.1, -0.05) is 12.8 Å². The Kier molecular flexibility index (Phi) is 3.23. The number of hydrogen-bond acceptors (Lipinski definition) is 2. The molecule has 1 aliphatic heterocycles. The molecule has 0 unspecified atom stereocenters. The summed E-state index contributed by atoms with van der Waals surface area (Å²) in [6, 6.07) is 0.906. The fourth-order valence-corrected chi connectivity index (χ4v) is 2.99. The van der Waals surface area contributed by atoms with Crippen LogP contribution in [0.4, 0.5) is 0 Å². The molecule has 2 nitrogen and oxygen atoms in total. The van der Waals surface area contributed by atoms with Crippen molar-refractivity contribution < 1.29 is 4.74 Å². The third-order valence-corrected chi connectivity index (χ3v) is 3.71. The predicted octanol–water partition coefficient (Wildman–Crippen LogP) is 1.90. The van der Waals surface area contributed by atoms with Gasteiger partial charge in [-0.25, -0.2) is 0 Å². The molecule has 0 N–H and O–H groups in total. The molecule has 0 aromatic heterocycles. The first-order valence-corrected chi connectivity index (χ1v) is 5.65. The van der Waals surface area contributed by atoms with E-state index < -0.39 is 0 Å². The van der Waals surface area contributed by atoms with E-state index in [0.29, 0.717) is 0 Å². The molecule has 2 atom stereocenters. The van der Waals surface area contributed by atoms with E-state index in [9.17, 15) is 0 Å². The summed E-state index contributed by atoms with van der Waals surface area (Å²) in [5.41, 5.74) is 0. The van der Waals surface area contributed by atoms with Gasteiger partial charge in [0.2, 0.25) is 0 Å². The summed E-state index contributed by atoms with van der Waals surface area (Å²) < 4.78 is 5.14. The van der Waals surface area contributed by atoms with Gasteiger partial charge in [0.1, 0.15) is 0 Å². The molecule has 1 saturated heterocycles. The molecule has 1 aliphatic carbocycles. The van der Waals surface area contributed by atoms with E-state index in [1.807, 2.05) is 0 Å². The third-order valence-electron chi connectivity index (χ3n) is 3.71. The molecule has 2 aliphatic rings. The zero-order valence-electron chi connectivity index (χ0n) is 8.67. The highest BCUT2D eigenvalue weighted by atomic mass is 16.5. The molecular weight excluding hydrogens is 162 g/mol. The number of methoxy groups -OCH3 is 1. The lowest BCUT2D eigenvalue weighted by Crippen LogP contribution is -2.36. The second kappa shape index (κ2) is 4.43. The minimum Gasteiger partial charge on any atom is -0.383 e. The first-order chi connectivity index (χ1) is 6.42. The van der Waals surface area contributed by atoms with E-state index in [2.05, 4.69) is 4.90 Å². The molecule has 0 bridgehead atoms. The molecule has 0 aromatic carbocycles. The maximum absolute atomic E-state index is 5.14. The van der Waals surface area contributed by atoms with Gasteiger partial charge in [-0.2, -0.15) is 0 Å². The molecule has 1 heterocycles. The van der Waals surface area contributed by atoms with E-state index >= 15 is 0 Å². The van der Waals surface area contributed by atoms with Crippen LogP contribution in [0.25, 0.3) is 0 Å². The molecule has 0 amide bonds. The summed E-state index contributed by atoms with van der Waals surface area (Å²) in [6.07, 6.45) is 7.28. The Labute approximate surface area is 81.3 Å². The van der Waals surface area contributed by atoms with Gasteiger partial charge in [-0.05, 0) is 31.7 Å². The lowest BCUT2D eigenvalue weighted by molar-refractivity contribution is 0.120. The highest BCUT2D eigenvalue weighted by Crippen LogP contribution is 2.35. The average molecular weight is 183 g/mol. The standard InChI is InChI=1S/C11H21NO/c1-13-9-8-12-7-6-10-4-2-3-5-11(10)12/h10-11H,2-9H2,1H3/t10-,11-/m0/s1. The number of hydrogen-bond donors (Lipinski definition) is 0. The van der Waals surface area contributed by atoms with Crippen LogP contribution in [0.2, 0.25) is 0 Å². The van der Waals surface area contributed by atoms with Gasteiger partial charge in [0.25, 0.3) is 0 Å². The smallest absolute Gasteiger partial charge is 0.0589 e. The molecule has 13 heavy (non-hydrogen) atoms. The van der Waals surface area contributed by atoms with Crippen molar-refractivity contribution in [3.63, 3.8) is 0 Å². The van der Waals surface area contributed by atoms with Crippen LogP contribution in [-0.4, -0.2) is 37.7 Å². The van der Waals surface area contributed by atoms with E-state index in [-0.39, 0.29) is 0 Å². The van der Waals surface area contributed by atoms with Crippen LogP contribution in [0.3, 0.4) is 0 Å². The van der Waals surface area contributed by atoms with Crippen molar-refractivity contribution in [1.82, 2.24) is 4.90 Å². The first kappa shape index (κ1) is 9.47. The van der Waals surface area contributed by atoms with Crippen molar-refractivity contribution in [2.45, 2.75) is 38.1 Å². The molecule has 0 spiro atoms. The zero-order chi connectivity index (χ0) is 9.10. The minimum atomic E-state index is 0.906. The van der Waals surface area contributed by atoms with Gasteiger partial charge in [0.15, 0.2) is 0 Å². The second-order valence-corrected chi connectivity index (χ2v) is 4.43. The summed E-state index contributed by atoms with van der Waals surface area (Å²) in [4.78, 5) is 2.65. The Morgan fingerprint density at radius 1 is 1.23 bits per heavy atom. The van der Waals surface area contributed by atoms with Crippen LogP contribution in [0, 0.1) is 5.92 Å². The summed E-state index contributed by atoms with van der Waals surface area (Å²) in [5.74, 6) is 1.02. The predicted molar refractivity (Wildman–Crippen MR) is 53.8 cm³/mol. The van der Waals surface area contributed by atoms with Crippen molar-refractivity contribution in [2.75, 3.05) is 26.8 Å². The van der Waals surface area contributed by atoms with E-state index in [4.69, 9.17) is 4.74 Å². The number of nitrogens with zero attached hydrogens (tertiary/aromatic N) is 1. The van der Waals surface area contributed by atoms with E-state index in [1.165, 1.54) is 38.6 Å². The lowest BCUT2D eigenvalue weighted by atomic mass is 9.85. The fourth-order valence-electron chi connectivity index (χ4n) is 2.99. The molecule has 0 aromatic rings. The Morgan fingerprint density at radius 3 is 2.92 bits per heavy atom. The number of rotatable bonds is 3. The Morgan fingerprint density at radius 2 is 2.08 bits per heavy atom. The first-order valence-electron chi connectivity index (χ1n) is 5.65. The molecule has 76 valence electrons. The van der Waals surface area contributed by atoms with Crippen LogP contribution in [0.15, 0.2) is 0 Å². The molecular formula is C11H21NO. The van der Waals surface area contributed by atoms with Crippen LogP contribution in [0.1, 0.15) is 32.1 Å². The molecule has 2 heteroatoms. The summed E-state index contributed by atoms with van der Waals surface area (Å²) in [6.45, 7) is 3.37. The van der Waals surface area contributed by atoms with Crippen molar-refractivity contribution >= 4 is 0 Å². The summed E-state index contributed by atoms with van der Waals surface area (Å²) in [5, 5.41) is 0. The van der Waals surface area contributed by atoms with Crippen LogP contribution >= 0.6 is 0 Å². The van der Waals surface area contributed by atoms with E-state index in [1.54, 1.807) is 7.11 Å². The van der Waals surface area contributed by atoms with Crippen molar-refractivity contribution in [2.24, 2.45) is 5.92 Å². The van der Waals surface area contributed by atoms with Gasteiger partial charge in [-0.3, -0.25) is 4.90 Å². The average Bonchev–Trinajstić information content (AvgIpc) is 2.58. The van der Waals surface area contributed by atoms with Crippen molar-refractivity contribution in [1.29, 1.82) is 0 Å². The fraction of sp³-hybridized carbons (Fsp3) is 1.00. The van der Waals surface area contributed by atoms with Crippen LogP contribution in [-0.2, 0) is 4.74 Å². The molecule has 0 radical (unpaired) electrons. The van der Waals surface area contributed by atoms with Crippen molar-refractivity contribution in [3.05, 3.63) is 0 Å². The van der Waals surface area contributed by atoms with Crippen molar-refractivity contribution in [3.8, 4) is 0 Å². The summed E-state index contributed by atoms with van der Waals surface area (Å²) in [7, 11) is 1.80. The second-order valence-electron chi connectivity index (χ2n) is 4.43. The van der Waals surface area contributed by atoms with E-state index in [0.717, 1.165) is 25.1 Å². The Balaban J connectivity index is 1.84. The van der Waals surface area contributed by atoms with Gasteiger partial charge in [0.05, 0.1) is 6.61 Å². The maximum atomic E-state index is 5.14. The van der Waals surface area contributed by atoms with Gasteiger partial charge in [-0.15, -0.1) is 0 Å².